The Balaban J connectivity index is 1.57. The van der Waals surface area contributed by atoms with Crippen LogP contribution in [-0.2, 0) is 4.79 Å². The number of carbonyl (C=O) groups excluding carboxylic acids is 2. The van der Waals surface area contributed by atoms with Gasteiger partial charge in [0.15, 0.2) is 0 Å². The van der Waals surface area contributed by atoms with Gasteiger partial charge in [0, 0.05) is 38.3 Å². The summed E-state index contributed by atoms with van der Waals surface area (Å²) in [4.78, 5) is 27.7. The fourth-order valence-corrected chi connectivity index (χ4v) is 3.31. The molecule has 142 valence electrons. The van der Waals surface area contributed by atoms with E-state index in [0.29, 0.717) is 12.1 Å². The Labute approximate surface area is 161 Å². The summed E-state index contributed by atoms with van der Waals surface area (Å²) in [6, 6.07) is 15.5. The number of likely N-dealkylation sites (tertiary alicyclic amines) is 1. The van der Waals surface area contributed by atoms with Crippen LogP contribution in [0.4, 0.5) is 5.69 Å². The highest BCUT2D eigenvalue weighted by Gasteiger charge is 2.12. The SMILES string of the molecule is CC(=O)N(C)c1ccc(-c2ccc(C(=O)NCCN3CCCC3)cc2)cc1. The van der Waals surface area contributed by atoms with Crippen molar-refractivity contribution in [1.82, 2.24) is 10.2 Å². The number of nitrogens with zero attached hydrogens (tertiary/aromatic N) is 2. The van der Waals surface area contributed by atoms with E-state index in [1.807, 2.05) is 48.5 Å². The maximum atomic E-state index is 12.3. The Bertz CT molecular complexity index is 778. The minimum Gasteiger partial charge on any atom is -0.351 e. The highest BCUT2D eigenvalue weighted by molar-refractivity contribution is 5.94. The zero-order chi connectivity index (χ0) is 19.2. The summed E-state index contributed by atoms with van der Waals surface area (Å²) in [6.45, 7) is 5.44. The standard InChI is InChI=1S/C22H27N3O2/c1-17(26)24(2)21-11-9-19(10-12-21)18-5-7-20(8-6-18)22(27)23-13-16-25-14-3-4-15-25/h5-12H,3-4,13-16H2,1-2H3,(H,23,27). The van der Waals surface area contributed by atoms with Crippen molar-refractivity contribution < 1.29 is 9.59 Å². The van der Waals surface area contributed by atoms with Gasteiger partial charge in [-0.15, -0.1) is 0 Å². The van der Waals surface area contributed by atoms with Crippen LogP contribution in [0.1, 0.15) is 30.1 Å². The van der Waals surface area contributed by atoms with Gasteiger partial charge in [-0.05, 0) is 61.3 Å². The molecule has 2 amide bonds. The Morgan fingerprint density at radius 3 is 2.07 bits per heavy atom. The molecule has 0 radical (unpaired) electrons. The lowest BCUT2D eigenvalue weighted by atomic mass is 10.0. The van der Waals surface area contributed by atoms with E-state index in [9.17, 15) is 9.59 Å². The van der Waals surface area contributed by atoms with Crippen molar-refractivity contribution in [3.8, 4) is 11.1 Å². The summed E-state index contributed by atoms with van der Waals surface area (Å²) < 4.78 is 0. The summed E-state index contributed by atoms with van der Waals surface area (Å²) in [5.41, 5.74) is 3.63. The molecule has 3 rings (SSSR count). The fourth-order valence-electron chi connectivity index (χ4n) is 3.31. The molecule has 0 bridgehead atoms. The van der Waals surface area contributed by atoms with Gasteiger partial charge < -0.3 is 15.1 Å². The van der Waals surface area contributed by atoms with Gasteiger partial charge in [-0.1, -0.05) is 24.3 Å². The van der Waals surface area contributed by atoms with Gasteiger partial charge in [-0.25, -0.2) is 0 Å². The summed E-state index contributed by atoms with van der Waals surface area (Å²) in [5.74, 6) is -0.0259. The van der Waals surface area contributed by atoms with Crippen LogP contribution in [-0.4, -0.2) is 49.9 Å². The first-order chi connectivity index (χ1) is 13.0. The van der Waals surface area contributed by atoms with E-state index < -0.39 is 0 Å². The maximum absolute atomic E-state index is 12.3. The third-order valence-corrected chi connectivity index (χ3v) is 5.12. The first-order valence-electron chi connectivity index (χ1n) is 9.50. The minimum atomic E-state index is -0.0285. The molecule has 0 saturated carbocycles. The predicted molar refractivity (Wildman–Crippen MR) is 109 cm³/mol. The van der Waals surface area contributed by atoms with Crippen LogP contribution >= 0.6 is 0 Å². The second kappa shape index (κ2) is 8.82. The van der Waals surface area contributed by atoms with Crippen molar-refractivity contribution in [3.63, 3.8) is 0 Å². The Kier molecular flexibility index (Phi) is 6.24. The van der Waals surface area contributed by atoms with Gasteiger partial charge in [0.1, 0.15) is 0 Å². The van der Waals surface area contributed by atoms with Crippen molar-refractivity contribution in [2.45, 2.75) is 19.8 Å². The summed E-state index contributed by atoms with van der Waals surface area (Å²) in [5, 5.41) is 3.00. The second-order valence-electron chi connectivity index (χ2n) is 7.01. The predicted octanol–water partition coefficient (Wildman–Crippen LogP) is 3.16. The van der Waals surface area contributed by atoms with Crippen LogP contribution < -0.4 is 10.2 Å². The largest absolute Gasteiger partial charge is 0.351 e. The molecular formula is C22H27N3O2. The molecule has 2 aromatic rings. The third kappa shape index (κ3) is 4.95. The van der Waals surface area contributed by atoms with Gasteiger partial charge in [-0.3, -0.25) is 9.59 Å². The number of carbonyl (C=O) groups is 2. The topological polar surface area (TPSA) is 52.7 Å². The number of nitrogens with one attached hydrogen (secondary N) is 1. The zero-order valence-electron chi connectivity index (χ0n) is 16.1. The van der Waals surface area contributed by atoms with Gasteiger partial charge in [0.05, 0.1) is 0 Å². The molecule has 0 spiro atoms. The van der Waals surface area contributed by atoms with E-state index in [2.05, 4.69) is 10.2 Å². The van der Waals surface area contributed by atoms with Crippen molar-refractivity contribution in [2.75, 3.05) is 38.1 Å². The molecule has 1 heterocycles. The monoisotopic (exact) mass is 365 g/mol. The molecule has 5 nitrogen and oxygen atoms in total. The van der Waals surface area contributed by atoms with E-state index >= 15 is 0 Å². The van der Waals surface area contributed by atoms with Crippen LogP contribution in [0.25, 0.3) is 11.1 Å². The lowest BCUT2D eigenvalue weighted by Crippen LogP contribution is -2.33. The van der Waals surface area contributed by atoms with Gasteiger partial charge in [0.2, 0.25) is 5.91 Å². The molecule has 1 aliphatic heterocycles. The van der Waals surface area contributed by atoms with E-state index in [4.69, 9.17) is 0 Å². The molecule has 0 atom stereocenters. The van der Waals surface area contributed by atoms with Gasteiger partial charge >= 0.3 is 0 Å². The first-order valence-corrected chi connectivity index (χ1v) is 9.50. The van der Waals surface area contributed by atoms with Crippen LogP contribution in [0.5, 0.6) is 0 Å². The zero-order valence-corrected chi connectivity index (χ0v) is 16.1. The molecule has 1 saturated heterocycles. The molecule has 0 aromatic heterocycles. The highest BCUT2D eigenvalue weighted by atomic mass is 16.2. The Hall–Kier alpha value is -2.66. The third-order valence-electron chi connectivity index (χ3n) is 5.12. The molecule has 1 aliphatic rings. The number of hydrogen-bond acceptors (Lipinski definition) is 3. The van der Waals surface area contributed by atoms with Crippen molar-refractivity contribution in [1.29, 1.82) is 0 Å². The van der Waals surface area contributed by atoms with Crippen LogP contribution in [0.2, 0.25) is 0 Å². The van der Waals surface area contributed by atoms with E-state index in [-0.39, 0.29) is 11.8 Å². The van der Waals surface area contributed by atoms with Crippen molar-refractivity contribution in [2.24, 2.45) is 0 Å². The maximum Gasteiger partial charge on any atom is 0.251 e. The average molecular weight is 365 g/mol. The van der Waals surface area contributed by atoms with Crippen LogP contribution in [0.3, 0.4) is 0 Å². The van der Waals surface area contributed by atoms with Crippen molar-refractivity contribution >= 4 is 17.5 Å². The minimum absolute atomic E-state index is 0.00264. The van der Waals surface area contributed by atoms with E-state index in [0.717, 1.165) is 36.4 Å². The number of benzene rings is 2. The molecule has 0 unspecified atom stereocenters. The van der Waals surface area contributed by atoms with Crippen molar-refractivity contribution in [3.05, 3.63) is 54.1 Å². The van der Waals surface area contributed by atoms with Gasteiger partial charge in [-0.2, -0.15) is 0 Å². The molecule has 0 aliphatic carbocycles. The summed E-state index contributed by atoms with van der Waals surface area (Å²) >= 11 is 0. The fraction of sp³-hybridized carbons (Fsp3) is 0.364. The Morgan fingerprint density at radius 2 is 1.52 bits per heavy atom. The summed E-state index contributed by atoms with van der Waals surface area (Å²) in [6.07, 6.45) is 2.53. The quantitative estimate of drug-likeness (QED) is 0.855. The molecular weight excluding hydrogens is 338 g/mol. The second-order valence-corrected chi connectivity index (χ2v) is 7.01. The Morgan fingerprint density at radius 1 is 0.963 bits per heavy atom. The highest BCUT2D eigenvalue weighted by Crippen LogP contribution is 2.23. The van der Waals surface area contributed by atoms with E-state index in [1.54, 1.807) is 18.9 Å². The number of anilines is 1. The lowest BCUT2D eigenvalue weighted by Gasteiger charge is -2.15. The van der Waals surface area contributed by atoms with E-state index in [1.165, 1.54) is 12.8 Å². The van der Waals surface area contributed by atoms with Gasteiger partial charge in [0.25, 0.3) is 5.91 Å². The molecule has 1 N–H and O–H groups in total. The number of hydrogen-bond donors (Lipinski definition) is 1. The first kappa shape index (κ1) is 19.1. The molecule has 1 fully saturated rings. The van der Waals surface area contributed by atoms with Crippen LogP contribution in [0, 0.1) is 0 Å². The molecule has 5 heteroatoms. The summed E-state index contributed by atoms with van der Waals surface area (Å²) in [7, 11) is 1.76. The molecule has 2 aromatic carbocycles. The normalized spacial score (nSPS) is 14.1. The lowest BCUT2D eigenvalue weighted by molar-refractivity contribution is -0.116. The smallest absolute Gasteiger partial charge is 0.251 e. The molecule has 27 heavy (non-hydrogen) atoms. The average Bonchev–Trinajstić information content (AvgIpc) is 3.21. The number of amides is 2. The van der Waals surface area contributed by atoms with Crippen LogP contribution in [0.15, 0.2) is 48.5 Å². The number of rotatable bonds is 6.